The van der Waals surface area contributed by atoms with Gasteiger partial charge >= 0.3 is 5.97 Å². The summed E-state index contributed by atoms with van der Waals surface area (Å²) in [6.45, 7) is 3.58. The number of carbonyl (C=O) groups is 2. The highest BCUT2D eigenvalue weighted by Gasteiger charge is 2.24. The SMILES string of the molecule is Cc1ccccc1SCC(=O)N1CCC(Cc2ccccc2C(=O)O)CC1. The number of carboxylic acids is 1. The first-order chi connectivity index (χ1) is 13.0. The Hall–Kier alpha value is -2.27. The average Bonchev–Trinajstić information content (AvgIpc) is 2.68. The van der Waals surface area contributed by atoms with Crippen LogP contribution in [0.15, 0.2) is 53.4 Å². The Kier molecular flexibility index (Phi) is 6.56. The Morgan fingerprint density at radius 2 is 1.74 bits per heavy atom. The second-order valence-electron chi connectivity index (χ2n) is 7.04. The van der Waals surface area contributed by atoms with Crippen molar-refractivity contribution in [3.63, 3.8) is 0 Å². The Morgan fingerprint density at radius 3 is 2.44 bits per heavy atom. The van der Waals surface area contributed by atoms with E-state index >= 15 is 0 Å². The predicted molar refractivity (Wildman–Crippen MR) is 108 cm³/mol. The highest BCUT2D eigenvalue weighted by molar-refractivity contribution is 8.00. The van der Waals surface area contributed by atoms with Gasteiger partial charge in [0.1, 0.15) is 0 Å². The number of piperidine rings is 1. The second-order valence-corrected chi connectivity index (χ2v) is 8.06. The van der Waals surface area contributed by atoms with Crippen LogP contribution in [0.3, 0.4) is 0 Å². The fraction of sp³-hybridized carbons (Fsp3) is 0.364. The first kappa shape index (κ1) is 19.5. The smallest absolute Gasteiger partial charge is 0.335 e. The number of carboxylic acid groups (broad SMARTS) is 1. The third-order valence-corrected chi connectivity index (χ3v) is 6.33. The maximum absolute atomic E-state index is 12.5. The van der Waals surface area contributed by atoms with Crippen LogP contribution >= 0.6 is 11.8 Å². The summed E-state index contributed by atoms with van der Waals surface area (Å²) in [4.78, 5) is 27.0. The lowest BCUT2D eigenvalue weighted by Crippen LogP contribution is -2.39. The molecule has 1 fully saturated rings. The van der Waals surface area contributed by atoms with Crippen LogP contribution < -0.4 is 0 Å². The molecule has 1 heterocycles. The number of benzene rings is 2. The van der Waals surface area contributed by atoms with Crippen LogP contribution in [0.2, 0.25) is 0 Å². The molecule has 3 rings (SSSR count). The number of hydrogen-bond donors (Lipinski definition) is 1. The summed E-state index contributed by atoms with van der Waals surface area (Å²) in [7, 11) is 0. The van der Waals surface area contributed by atoms with Gasteiger partial charge in [-0.05, 0) is 55.4 Å². The topological polar surface area (TPSA) is 57.6 Å². The van der Waals surface area contributed by atoms with Crippen molar-refractivity contribution in [3.8, 4) is 0 Å². The number of amides is 1. The standard InChI is InChI=1S/C22H25NO3S/c1-16-6-2-5-9-20(16)27-15-21(24)23-12-10-17(11-13-23)14-18-7-3-4-8-19(18)22(25)26/h2-9,17H,10-15H2,1H3,(H,25,26). The van der Waals surface area contributed by atoms with Gasteiger partial charge in [-0.2, -0.15) is 0 Å². The van der Waals surface area contributed by atoms with E-state index < -0.39 is 5.97 Å². The minimum Gasteiger partial charge on any atom is -0.478 e. The molecule has 1 N–H and O–H groups in total. The quantitative estimate of drug-likeness (QED) is 0.757. The van der Waals surface area contributed by atoms with Crippen LogP contribution in [0.4, 0.5) is 0 Å². The van der Waals surface area contributed by atoms with Crippen LogP contribution in [-0.4, -0.2) is 40.7 Å². The number of rotatable bonds is 6. The van der Waals surface area contributed by atoms with Crippen LogP contribution in [0.5, 0.6) is 0 Å². The van der Waals surface area contributed by atoms with Crippen LogP contribution in [-0.2, 0) is 11.2 Å². The van der Waals surface area contributed by atoms with Gasteiger partial charge in [0, 0.05) is 18.0 Å². The van der Waals surface area contributed by atoms with Gasteiger partial charge in [-0.3, -0.25) is 4.79 Å². The third-order valence-electron chi connectivity index (χ3n) is 5.17. The van der Waals surface area contributed by atoms with E-state index in [2.05, 4.69) is 19.1 Å². The molecule has 0 aromatic heterocycles. The second kappa shape index (κ2) is 9.09. The Morgan fingerprint density at radius 1 is 1.07 bits per heavy atom. The van der Waals surface area contributed by atoms with Gasteiger partial charge in [-0.25, -0.2) is 4.79 Å². The summed E-state index contributed by atoms with van der Waals surface area (Å²) < 4.78 is 0. The zero-order valence-corrected chi connectivity index (χ0v) is 16.4. The lowest BCUT2D eigenvalue weighted by molar-refractivity contribution is -0.129. The molecule has 142 valence electrons. The van der Waals surface area contributed by atoms with E-state index in [1.807, 2.05) is 29.2 Å². The normalized spacial score (nSPS) is 14.9. The van der Waals surface area contributed by atoms with E-state index in [0.29, 0.717) is 17.2 Å². The molecule has 1 aliphatic heterocycles. The van der Waals surface area contributed by atoms with Crippen molar-refractivity contribution in [2.75, 3.05) is 18.8 Å². The minimum atomic E-state index is -0.869. The van der Waals surface area contributed by atoms with Crippen LogP contribution in [0.1, 0.15) is 34.3 Å². The molecule has 0 saturated carbocycles. The number of carbonyl (C=O) groups excluding carboxylic acids is 1. The van der Waals surface area contributed by atoms with Crippen molar-refractivity contribution in [1.29, 1.82) is 0 Å². The monoisotopic (exact) mass is 383 g/mol. The minimum absolute atomic E-state index is 0.188. The highest BCUT2D eigenvalue weighted by atomic mass is 32.2. The average molecular weight is 384 g/mol. The van der Waals surface area contributed by atoms with Gasteiger partial charge in [0.25, 0.3) is 0 Å². The first-order valence-electron chi connectivity index (χ1n) is 9.32. The summed E-state index contributed by atoms with van der Waals surface area (Å²) in [6.07, 6.45) is 2.62. The molecule has 0 atom stereocenters. The molecule has 27 heavy (non-hydrogen) atoms. The van der Waals surface area contributed by atoms with Crippen molar-refractivity contribution in [2.24, 2.45) is 5.92 Å². The molecular formula is C22H25NO3S. The molecule has 4 nitrogen and oxygen atoms in total. The maximum atomic E-state index is 12.5. The molecule has 2 aromatic carbocycles. The largest absolute Gasteiger partial charge is 0.478 e. The molecule has 0 spiro atoms. The Labute approximate surface area is 164 Å². The van der Waals surface area contributed by atoms with Gasteiger partial charge in [0.2, 0.25) is 5.91 Å². The number of likely N-dealkylation sites (tertiary alicyclic amines) is 1. The number of aromatic carboxylic acids is 1. The van der Waals surface area contributed by atoms with E-state index in [1.54, 1.807) is 23.9 Å². The third kappa shape index (κ3) is 5.13. The Bertz CT molecular complexity index is 813. The van der Waals surface area contributed by atoms with E-state index in [0.717, 1.165) is 42.8 Å². The summed E-state index contributed by atoms with van der Waals surface area (Å²) >= 11 is 1.60. The van der Waals surface area contributed by atoms with Crippen molar-refractivity contribution in [2.45, 2.75) is 31.1 Å². The van der Waals surface area contributed by atoms with Gasteiger partial charge in [-0.1, -0.05) is 36.4 Å². The number of nitrogens with zero attached hydrogens (tertiary/aromatic N) is 1. The summed E-state index contributed by atoms with van der Waals surface area (Å²) in [5, 5.41) is 9.33. The predicted octanol–water partition coefficient (Wildman–Crippen LogP) is 4.27. The molecular weight excluding hydrogens is 358 g/mol. The number of hydrogen-bond acceptors (Lipinski definition) is 3. The van der Waals surface area contributed by atoms with Gasteiger partial charge in [0.15, 0.2) is 0 Å². The lowest BCUT2D eigenvalue weighted by Gasteiger charge is -2.32. The summed E-state index contributed by atoms with van der Waals surface area (Å²) in [5.74, 6) is 0.217. The first-order valence-corrected chi connectivity index (χ1v) is 10.3. The van der Waals surface area contributed by atoms with Crippen LogP contribution in [0.25, 0.3) is 0 Å². The zero-order valence-electron chi connectivity index (χ0n) is 15.6. The molecule has 1 saturated heterocycles. The van der Waals surface area contributed by atoms with Crippen LogP contribution in [0, 0.1) is 12.8 Å². The molecule has 1 amide bonds. The molecule has 0 aliphatic carbocycles. The zero-order chi connectivity index (χ0) is 19.2. The highest BCUT2D eigenvalue weighted by Crippen LogP contribution is 2.26. The van der Waals surface area contributed by atoms with Crippen molar-refractivity contribution in [1.82, 2.24) is 4.90 Å². The molecule has 2 aromatic rings. The molecule has 0 radical (unpaired) electrons. The lowest BCUT2D eigenvalue weighted by atomic mass is 9.88. The molecule has 0 unspecified atom stereocenters. The van der Waals surface area contributed by atoms with Gasteiger partial charge < -0.3 is 10.0 Å². The summed E-state index contributed by atoms with van der Waals surface area (Å²) in [6, 6.07) is 15.4. The van der Waals surface area contributed by atoms with E-state index in [4.69, 9.17) is 0 Å². The van der Waals surface area contributed by atoms with Crippen molar-refractivity contribution >= 4 is 23.6 Å². The van der Waals surface area contributed by atoms with E-state index in [-0.39, 0.29) is 5.91 Å². The fourth-order valence-corrected chi connectivity index (χ4v) is 4.49. The van der Waals surface area contributed by atoms with Crippen molar-refractivity contribution < 1.29 is 14.7 Å². The number of thioether (sulfide) groups is 1. The number of aryl methyl sites for hydroxylation is 1. The molecule has 1 aliphatic rings. The molecule has 0 bridgehead atoms. The Balaban J connectivity index is 1.49. The van der Waals surface area contributed by atoms with Gasteiger partial charge in [0.05, 0.1) is 11.3 Å². The van der Waals surface area contributed by atoms with Gasteiger partial charge in [-0.15, -0.1) is 11.8 Å². The maximum Gasteiger partial charge on any atom is 0.335 e. The van der Waals surface area contributed by atoms with E-state index in [9.17, 15) is 14.7 Å². The fourth-order valence-electron chi connectivity index (χ4n) is 3.55. The molecule has 5 heteroatoms. The van der Waals surface area contributed by atoms with E-state index in [1.165, 1.54) is 5.56 Å². The summed E-state index contributed by atoms with van der Waals surface area (Å²) in [5.41, 5.74) is 2.49. The van der Waals surface area contributed by atoms with Crippen molar-refractivity contribution in [3.05, 3.63) is 65.2 Å².